The molecule has 0 bridgehead atoms. The number of nitrogens with two attached hydrogens (primary N) is 1. The van der Waals surface area contributed by atoms with E-state index in [-0.39, 0.29) is 0 Å². The van der Waals surface area contributed by atoms with Gasteiger partial charge >= 0.3 is 0 Å². The Morgan fingerprint density at radius 2 is 2.14 bits per heavy atom. The van der Waals surface area contributed by atoms with Gasteiger partial charge in [0.05, 0.1) is 0 Å². The van der Waals surface area contributed by atoms with Gasteiger partial charge in [0.1, 0.15) is 0 Å². The standard InChI is InChI=1S/C6H13N/c1-4-3-6(4)5(2)7/h4-6H,3,7H2,1-2H3/t4-,5-,6-/m0/s1. The highest BCUT2D eigenvalue weighted by Gasteiger charge is 2.34. The van der Waals surface area contributed by atoms with Gasteiger partial charge in [0.15, 0.2) is 0 Å². The molecule has 0 aliphatic heterocycles. The molecule has 0 saturated heterocycles. The van der Waals surface area contributed by atoms with Gasteiger partial charge in [-0.25, -0.2) is 0 Å². The third-order valence-electron chi connectivity index (χ3n) is 1.85. The molecule has 0 spiro atoms. The van der Waals surface area contributed by atoms with Crippen molar-refractivity contribution in [2.24, 2.45) is 17.6 Å². The fourth-order valence-corrected chi connectivity index (χ4v) is 1.08. The maximum absolute atomic E-state index is 5.59. The monoisotopic (exact) mass is 99.1 g/mol. The Bertz CT molecular complexity index is 68.6. The second kappa shape index (κ2) is 1.48. The quantitative estimate of drug-likeness (QED) is 0.521. The normalized spacial score (nSPS) is 43.3. The third-order valence-corrected chi connectivity index (χ3v) is 1.85. The van der Waals surface area contributed by atoms with E-state index in [1.165, 1.54) is 6.42 Å². The van der Waals surface area contributed by atoms with Gasteiger partial charge in [-0.1, -0.05) is 6.92 Å². The van der Waals surface area contributed by atoms with E-state index >= 15 is 0 Å². The molecule has 0 heterocycles. The minimum atomic E-state index is 0.440. The minimum absolute atomic E-state index is 0.440. The van der Waals surface area contributed by atoms with Crippen LogP contribution >= 0.6 is 0 Å². The van der Waals surface area contributed by atoms with Crippen LogP contribution in [0.4, 0.5) is 0 Å². The smallest absolute Gasteiger partial charge is 0.00414 e. The molecule has 1 saturated carbocycles. The van der Waals surface area contributed by atoms with Crippen LogP contribution in [0.3, 0.4) is 0 Å². The fraction of sp³-hybridized carbons (Fsp3) is 1.00. The molecule has 0 radical (unpaired) electrons. The molecule has 1 aliphatic carbocycles. The first kappa shape index (κ1) is 5.10. The summed E-state index contributed by atoms with van der Waals surface area (Å²) in [5, 5.41) is 0. The molecule has 2 N–H and O–H groups in total. The molecule has 7 heavy (non-hydrogen) atoms. The molecule has 42 valence electrons. The van der Waals surface area contributed by atoms with Crippen LogP contribution in [0.25, 0.3) is 0 Å². The number of rotatable bonds is 1. The Kier molecular flexibility index (Phi) is 1.08. The van der Waals surface area contributed by atoms with E-state index < -0.39 is 0 Å². The summed E-state index contributed by atoms with van der Waals surface area (Å²) in [4.78, 5) is 0. The highest BCUT2D eigenvalue weighted by Crippen LogP contribution is 2.39. The first-order valence-corrected chi connectivity index (χ1v) is 2.97. The summed E-state index contributed by atoms with van der Waals surface area (Å²) >= 11 is 0. The van der Waals surface area contributed by atoms with E-state index in [1.54, 1.807) is 0 Å². The SMILES string of the molecule is C[C@H](N)[C@H]1C[C@@H]1C. The summed E-state index contributed by atoms with van der Waals surface area (Å²) in [5.74, 6) is 1.76. The first-order chi connectivity index (χ1) is 3.22. The summed E-state index contributed by atoms with van der Waals surface area (Å²) in [6, 6.07) is 0.440. The largest absolute Gasteiger partial charge is 0.328 e. The maximum atomic E-state index is 5.59. The molecule has 1 heteroatoms. The summed E-state index contributed by atoms with van der Waals surface area (Å²) < 4.78 is 0. The molecule has 0 aromatic rings. The Morgan fingerprint density at radius 1 is 1.71 bits per heavy atom. The van der Waals surface area contributed by atoms with E-state index in [1.807, 2.05) is 0 Å². The van der Waals surface area contributed by atoms with E-state index in [2.05, 4.69) is 13.8 Å². The zero-order valence-corrected chi connectivity index (χ0v) is 5.02. The van der Waals surface area contributed by atoms with E-state index in [0.29, 0.717) is 6.04 Å². The summed E-state index contributed by atoms with van der Waals surface area (Å²) in [5.41, 5.74) is 5.59. The van der Waals surface area contributed by atoms with Crippen molar-refractivity contribution in [3.8, 4) is 0 Å². The molecule has 1 nitrogen and oxygen atoms in total. The van der Waals surface area contributed by atoms with Gasteiger partial charge in [-0.2, -0.15) is 0 Å². The molecule has 1 aliphatic rings. The van der Waals surface area contributed by atoms with Crippen LogP contribution in [0.15, 0.2) is 0 Å². The lowest BCUT2D eigenvalue weighted by Gasteiger charge is -1.97. The number of hydrogen-bond donors (Lipinski definition) is 1. The van der Waals surface area contributed by atoms with Crippen LogP contribution in [0.1, 0.15) is 20.3 Å². The Labute approximate surface area is 44.9 Å². The van der Waals surface area contributed by atoms with E-state index in [4.69, 9.17) is 5.73 Å². The zero-order valence-electron chi connectivity index (χ0n) is 5.02. The van der Waals surface area contributed by atoms with Crippen molar-refractivity contribution in [2.75, 3.05) is 0 Å². The van der Waals surface area contributed by atoms with Gasteiger partial charge in [0, 0.05) is 6.04 Å². The van der Waals surface area contributed by atoms with Gasteiger partial charge in [0.25, 0.3) is 0 Å². The topological polar surface area (TPSA) is 26.0 Å². The zero-order chi connectivity index (χ0) is 5.44. The number of hydrogen-bond acceptors (Lipinski definition) is 1. The average molecular weight is 99.2 g/mol. The van der Waals surface area contributed by atoms with Gasteiger partial charge in [-0.15, -0.1) is 0 Å². The van der Waals surface area contributed by atoms with Crippen molar-refractivity contribution in [1.29, 1.82) is 0 Å². The molecule has 1 rings (SSSR count). The lowest BCUT2D eigenvalue weighted by molar-refractivity contribution is 0.608. The summed E-state index contributed by atoms with van der Waals surface area (Å²) in [6.07, 6.45) is 1.36. The van der Waals surface area contributed by atoms with Gasteiger partial charge in [-0.05, 0) is 25.2 Å². The molecule has 0 unspecified atom stereocenters. The van der Waals surface area contributed by atoms with Crippen molar-refractivity contribution in [1.82, 2.24) is 0 Å². The van der Waals surface area contributed by atoms with Crippen LogP contribution in [-0.2, 0) is 0 Å². The highest BCUT2D eigenvalue weighted by molar-refractivity contribution is 4.87. The predicted molar refractivity (Wildman–Crippen MR) is 30.9 cm³/mol. The summed E-state index contributed by atoms with van der Waals surface area (Å²) in [6.45, 7) is 4.35. The fourth-order valence-electron chi connectivity index (χ4n) is 1.08. The predicted octanol–water partition coefficient (Wildman–Crippen LogP) is 0.990. The van der Waals surface area contributed by atoms with E-state index in [0.717, 1.165) is 11.8 Å². The Morgan fingerprint density at radius 3 is 2.14 bits per heavy atom. The van der Waals surface area contributed by atoms with Crippen molar-refractivity contribution >= 4 is 0 Å². The molecule has 1 fully saturated rings. The molecule has 0 aromatic heterocycles. The van der Waals surface area contributed by atoms with Crippen molar-refractivity contribution in [2.45, 2.75) is 26.3 Å². The summed E-state index contributed by atoms with van der Waals surface area (Å²) in [7, 11) is 0. The van der Waals surface area contributed by atoms with Crippen LogP contribution in [-0.4, -0.2) is 6.04 Å². The molecular formula is C6H13N. The van der Waals surface area contributed by atoms with Crippen LogP contribution in [0.2, 0.25) is 0 Å². The van der Waals surface area contributed by atoms with Crippen molar-refractivity contribution in [3.63, 3.8) is 0 Å². The van der Waals surface area contributed by atoms with Crippen molar-refractivity contribution < 1.29 is 0 Å². The van der Waals surface area contributed by atoms with Crippen LogP contribution in [0.5, 0.6) is 0 Å². The van der Waals surface area contributed by atoms with E-state index in [9.17, 15) is 0 Å². The average Bonchev–Trinajstić information content (AvgIpc) is 2.17. The second-order valence-corrected chi connectivity index (χ2v) is 2.74. The molecule has 0 amide bonds. The van der Waals surface area contributed by atoms with Crippen LogP contribution in [0, 0.1) is 11.8 Å². The van der Waals surface area contributed by atoms with Gasteiger partial charge in [-0.3, -0.25) is 0 Å². The van der Waals surface area contributed by atoms with Gasteiger partial charge < -0.3 is 5.73 Å². The highest BCUT2D eigenvalue weighted by atomic mass is 14.7. The molecule has 0 aromatic carbocycles. The minimum Gasteiger partial charge on any atom is -0.328 e. The second-order valence-electron chi connectivity index (χ2n) is 2.74. The van der Waals surface area contributed by atoms with Crippen molar-refractivity contribution in [3.05, 3.63) is 0 Å². The van der Waals surface area contributed by atoms with Gasteiger partial charge in [0.2, 0.25) is 0 Å². The first-order valence-electron chi connectivity index (χ1n) is 2.97. The lowest BCUT2D eigenvalue weighted by atomic mass is 10.2. The lowest BCUT2D eigenvalue weighted by Crippen LogP contribution is -2.17. The third kappa shape index (κ3) is 0.942. The molecule has 3 atom stereocenters. The Hall–Kier alpha value is -0.0400. The Balaban J connectivity index is 2.20. The molecular weight excluding hydrogens is 86.1 g/mol. The maximum Gasteiger partial charge on any atom is 0.00414 e. The van der Waals surface area contributed by atoms with Crippen LogP contribution < -0.4 is 5.73 Å².